The summed E-state index contributed by atoms with van der Waals surface area (Å²) in [7, 11) is 0. The Morgan fingerprint density at radius 2 is 1.47 bits per heavy atom. The lowest BCUT2D eigenvalue weighted by Crippen LogP contribution is -2.14. The van der Waals surface area contributed by atoms with Gasteiger partial charge in [0.15, 0.2) is 0 Å². The first-order chi connectivity index (χ1) is 15.7. The SMILES string of the molecule is CCn1c2ccccc2c2cc(NC(=O)c3ccccc3CCc3ccccc3)ccc21. The van der Waals surface area contributed by atoms with Gasteiger partial charge in [-0.25, -0.2) is 0 Å². The van der Waals surface area contributed by atoms with Gasteiger partial charge >= 0.3 is 0 Å². The highest BCUT2D eigenvalue weighted by Crippen LogP contribution is 2.31. The zero-order chi connectivity index (χ0) is 21.9. The molecule has 1 amide bonds. The number of anilines is 1. The van der Waals surface area contributed by atoms with Gasteiger partial charge in [0.05, 0.1) is 0 Å². The van der Waals surface area contributed by atoms with Crippen LogP contribution in [0, 0.1) is 0 Å². The van der Waals surface area contributed by atoms with E-state index in [1.165, 1.54) is 22.0 Å². The molecule has 1 N–H and O–H groups in total. The molecule has 1 aromatic heterocycles. The van der Waals surface area contributed by atoms with Crippen LogP contribution < -0.4 is 5.32 Å². The normalized spacial score (nSPS) is 11.2. The van der Waals surface area contributed by atoms with Crippen molar-refractivity contribution >= 4 is 33.4 Å². The molecule has 0 spiro atoms. The third kappa shape index (κ3) is 3.78. The Balaban J connectivity index is 1.42. The van der Waals surface area contributed by atoms with E-state index >= 15 is 0 Å². The number of benzene rings is 4. The number of aryl methyl sites for hydroxylation is 3. The highest BCUT2D eigenvalue weighted by Gasteiger charge is 2.14. The summed E-state index contributed by atoms with van der Waals surface area (Å²) in [5, 5.41) is 5.51. The molecular formula is C29H26N2O. The number of carbonyl (C=O) groups excluding carboxylic acids is 1. The highest BCUT2D eigenvalue weighted by atomic mass is 16.1. The van der Waals surface area contributed by atoms with Gasteiger partial charge < -0.3 is 9.88 Å². The van der Waals surface area contributed by atoms with Gasteiger partial charge in [-0.2, -0.15) is 0 Å². The van der Waals surface area contributed by atoms with Crippen LogP contribution in [0.3, 0.4) is 0 Å². The minimum Gasteiger partial charge on any atom is -0.341 e. The zero-order valence-corrected chi connectivity index (χ0v) is 18.2. The van der Waals surface area contributed by atoms with Crippen molar-refractivity contribution in [3.8, 4) is 0 Å². The quantitative estimate of drug-likeness (QED) is 0.321. The van der Waals surface area contributed by atoms with Gasteiger partial charge in [0, 0.05) is 39.6 Å². The maximum Gasteiger partial charge on any atom is 0.255 e. The average Bonchev–Trinajstić information content (AvgIpc) is 3.16. The average molecular weight is 419 g/mol. The molecule has 5 rings (SSSR count). The van der Waals surface area contributed by atoms with Gasteiger partial charge in [-0.15, -0.1) is 0 Å². The van der Waals surface area contributed by atoms with Crippen LogP contribution in [0.15, 0.2) is 97.1 Å². The number of rotatable bonds is 6. The lowest BCUT2D eigenvalue weighted by molar-refractivity contribution is 0.102. The first kappa shape index (κ1) is 20.1. The molecule has 1 heterocycles. The fourth-order valence-electron chi connectivity index (χ4n) is 4.55. The van der Waals surface area contributed by atoms with Crippen LogP contribution in [-0.4, -0.2) is 10.5 Å². The molecule has 5 aromatic rings. The van der Waals surface area contributed by atoms with Gasteiger partial charge in [0.2, 0.25) is 0 Å². The van der Waals surface area contributed by atoms with Crippen LogP contribution in [-0.2, 0) is 19.4 Å². The Morgan fingerprint density at radius 3 is 2.31 bits per heavy atom. The molecule has 158 valence electrons. The molecule has 0 aliphatic carbocycles. The Labute approximate surface area is 188 Å². The summed E-state index contributed by atoms with van der Waals surface area (Å²) >= 11 is 0. The minimum atomic E-state index is -0.0627. The highest BCUT2D eigenvalue weighted by molar-refractivity contribution is 6.11. The first-order valence-corrected chi connectivity index (χ1v) is 11.2. The summed E-state index contributed by atoms with van der Waals surface area (Å²) in [5.74, 6) is -0.0627. The van der Waals surface area contributed by atoms with Crippen molar-refractivity contribution in [3.05, 3.63) is 114 Å². The van der Waals surface area contributed by atoms with E-state index in [-0.39, 0.29) is 5.91 Å². The van der Waals surface area contributed by atoms with Crippen molar-refractivity contribution in [3.63, 3.8) is 0 Å². The summed E-state index contributed by atoms with van der Waals surface area (Å²) in [5.41, 5.74) is 6.31. The van der Waals surface area contributed by atoms with Crippen molar-refractivity contribution in [2.24, 2.45) is 0 Å². The standard InChI is InChI=1S/C29H26N2O/c1-2-31-27-15-9-8-14-25(27)26-20-23(18-19-28(26)31)30-29(32)24-13-7-6-12-22(24)17-16-21-10-4-3-5-11-21/h3-15,18-20H,2,16-17H2,1H3,(H,30,32). The predicted molar refractivity (Wildman–Crippen MR) is 133 cm³/mol. The van der Waals surface area contributed by atoms with Crippen LogP contribution >= 0.6 is 0 Å². The Hall–Kier alpha value is -3.85. The molecule has 0 fully saturated rings. The molecule has 0 saturated heterocycles. The number of hydrogen-bond donors (Lipinski definition) is 1. The van der Waals surface area contributed by atoms with Crippen molar-refractivity contribution in [2.45, 2.75) is 26.3 Å². The molecule has 3 nitrogen and oxygen atoms in total. The second-order valence-corrected chi connectivity index (χ2v) is 8.09. The molecule has 0 radical (unpaired) electrons. The van der Waals surface area contributed by atoms with E-state index in [1.54, 1.807) is 0 Å². The molecule has 3 heteroatoms. The predicted octanol–water partition coefficient (Wildman–Crippen LogP) is 6.85. The number of para-hydroxylation sites is 1. The molecule has 0 bridgehead atoms. The van der Waals surface area contributed by atoms with Crippen LogP contribution in [0.5, 0.6) is 0 Å². The van der Waals surface area contributed by atoms with E-state index in [2.05, 4.69) is 83.5 Å². The summed E-state index contributed by atoms with van der Waals surface area (Å²) in [6.07, 6.45) is 1.74. The molecular weight excluding hydrogens is 392 g/mol. The summed E-state index contributed by atoms with van der Waals surface area (Å²) in [6.45, 7) is 3.07. The molecule has 32 heavy (non-hydrogen) atoms. The van der Waals surface area contributed by atoms with Gasteiger partial charge in [0.25, 0.3) is 5.91 Å². The van der Waals surface area contributed by atoms with Crippen LogP contribution in [0.4, 0.5) is 5.69 Å². The molecule has 0 unspecified atom stereocenters. The Morgan fingerprint density at radius 1 is 0.750 bits per heavy atom. The van der Waals surface area contributed by atoms with E-state index in [0.29, 0.717) is 0 Å². The Kier molecular flexibility index (Phi) is 5.47. The van der Waals surface area contributed by atoms with Crippen LogP contribution in [0.25, 0.3) is 21.8 Å². The molecule has 4 aromatic carbocycles. The summed E-state index contributed by atoms with van der Waals surface area (Å²) in [6, 6.07) is 32.9. The minimum absolute atomic E-state index is 0.0627. The topological polar surface area (TPSA) is 34.0 Å². The van der Waals surface area contributed by atoms with Crippen molar-refractivity contribution in [1.82, 2.24) is 4.57 Å². The van der Waals surface area contributed by atoms with Crippen molar-refractivity contribution in [2.75, 3.05) is 5.32 Å². The number of fused-ring (bicyclic) bond motifs is 3. The first-order valence-electron chi connectivity index (χ1n) is 11.2. The van der Waals surface area contributed by atoms with Gasteiger partial charge in [-0.1, -0.05) is 66.7 Å². The van der Waals surface area contributed by atoms with E-state index in [4.69, 9.17) is 0 Å². The third-order valence-corrected chi connectivity index (χ3v) is 6.13. The molecule has 0 saturated carbocycles. The third-order valence-electron chi connectivity index (χ3n) is 6.13. The van der Waals surface area contributed by atoms with Crippen molar-refractivity contribution in [1.29, 1.82) is 0 Å². The molecule has 0 atom stereocenters. The van der Waals surface area contributed by atoms with Crippen LogP contribution in [0.1, 0.15) is 28.4 Å². The van der Waals surface area contributed by atoms with Crippen molar-refractivity contribution < 1.29 is 4.79 Å². The summed E-state index contributed by atoms with van der Waals surface area (Å²) in [4.78, 5) is 13.2. The number of amides is 1. The lowest BCUT2D eigenvalue weighted by atomic mass is 9.99. The van der Waals surface area contributed by atoms with E-state index < -0.39 is 0 Å². The van der Waals surface area contributed by atoms with Gasteiger partial charge in [-0.05, 0) is 61.2 Å². The zero-order valence-electron chi connectivity index (χ0n) is 18.2. The Bertz CT molecular complexity index is 1400. The molecule has 0 aliphatic rings. The number of hydrogen-bond acceptors (Lipinski definition) is 1. The monoisotopic (exact) mass is 418 g/mol. The largest absolute Gasteiger partial charge is 0.341 e. The number of carbonyl (C=O) groups is 1. The smallest absolute Gasteiger partial charge is 0.255 e. The number of nitrogens with one attached hydrogen (secondary N) is 1. The fraction of sp³-hybridized carbons (Fsp3) is 0.138. The molecule has 0 aliphatic heterocycles. The van der Waals surface area contributed by atoms with E-state index in [9.17, 15) is 4.79 Å². The van der Waals surface area contributed by atoms with Gasteiger partial charge in [-0.3, -0.25) is 4.79 Å². The van der Waals surface area contributed by atoms with E-state index in [1.807, 2.05) is 30.3 Å². The second-order valence-electron chi connectivity index (χ2n) is 8.09. The van der Waals surface area contributed by atoms with E-state index in [0.717, 1.165) is 41.6 Å². The summed E-state index contributed by atoms with van der Waals surface area (Å²) < 4.78 is 2.31. The van der Waals surface area contributed by atoms with Crippen LogP contribution in [0.2, 0.25) is 0 Å². The maximum absolute atomic E-state index is 13.2. The lowest BCUT2D eigenvalue weighted by Gasteiger charge is -2.11. The fourth-order valence-corrected chi connectivity index (χ4v) is 4.55. The second kappa shape index (κ2) is 8.72. The number of aromatic nitrogens is 1. The maximum atomic E-state index is 13.2. The number of nitrogens with zero attached hydrogens (tertiary/aromatic N) is 1. The van der Waals surface area contributed by atoms with Gasteiger partial charge in [0.1, 0.15) is 0 Å².